The van der Waals surface area contributed by atoms with Gasteiger partial charge in [-0.25, -0.2) is 0 Å². The van der Waals surface area contributed by atoms with E-state index in [4.69, 9.17) is 0 Å². The molecule has 4 rings (SSSR count). The van der Waals surface area contributed by atoms with Gasteiger partial charge in [0.1, 0.15) is 23.0 Å². The van der Waals surface area contributed by atoms with Gasteiger partial charge in [-0.3, -0.25) is 0 Å². The molecule has 0 amide bonds. The fourth-order valence-corrected chi connectivity index (χ4v) is 6.28. The van der Waals surface area contributed by atoms with Crippen LogP contribution in [0.1, 0.15) is 33.4 Å². The third-order valence-electron chi connectivity index (χ3n) is 5.79. The number of phenolic OH excluding ortho intramolecular Hbond substituents is 4. The molecule has 0 atom stereocenters. The van der Waals surface area contributed by atoms with Gasteiger partial charge in [-0.05, 0) is 91.9 Å². The van der Waals surface area contributed by atoms with Crippen LogP contribution in [0.3, 0.4) is 0 Å². The van der Waals surface area contributed by atoms with Gasteiger partial charge in [-0.2, -0.15) is 0 Å². The standard InChI is InChI=1S/C29H28O4S2/c1-16-8-9-23(31)24(11-16)34-26-13-18(3)14-27(29(26)33)35-25-12-17(2)10-20(28(25)32)15-21-19(4)6-5-7-22(21)30/h5-14,30-33H,15H2,1-4H3. The van der Waals surface area contributed by atoms with E-state index >= 15 is 0 Å². The third-order valence-corrected chi connectivity index (χ3v) is 7.93. The van der Waals surface area contributed by atoms with Crippen molar-refractivity contribution in [2.45, 2.75) is 53.7 Å². The highest BCUT2D eigenvalue weighted by molar-refractivity contribution is 8.00. The van der Waals surface area contributed by atoms with Crippen molar-refractivity contribution in [2.24, 2.45) is 0 Å². The number of rotatable bonds is 6. The second-order valence-corrected chi connectivity index (χ2v) is 11.0. The lowest BCUT2D eigenvalue weighted by Crippen LogP contribution is -1.95. The summed E-state index contributed by atoms with van der Waals surface area (Å²) in [5.74, 6) is 0.605. The summed E-state index contributed by atoms with van der Waals surface area (Å²) >= 11 is 2.60. The SMILES string of the molecule is Cc1ccc(O)c(Sc2cc(C)cc(Sc3cc(C)cc(Cc4c(C)cccc4O)c3O)c2O)c1. The molecule has 0 saturated carbocycles. The Kier molecular flexibility index (Phi) is 7.24. The van der Waals surface area contributed by atoms with Gasteiger partial charge in [-0.15, -0.1) is 0 Å². The zero-order valence-corrected chi connectivity index (χ0v) is 21.7. The fraction of sp³-hybridized carbons (Fsp3) is 0.172. The maximum absolute atomic E-state index is 11.1. The molecule has 0 heterocycles. The van der Waals surface area contributed by atoms with E-state index in [0.29, 0.717) is 31.6 Å². The molecule has 0 unspecified atom stereocenters. The molecule has 0 aromatic heterocycles. The van der Waals surface area contributed by atoms with E-state index in [1.165, 1.54) is 23.5 Å². The lowest BCUT2D eigenvalue weighted by Gasteiger charge is -2.16. The fourth-order valence-electron chi connectivity index (χ4n) is 3.95. The van der Waals surface area contributed by atoms with Crippen molar-refractivity contribution < 1.29 is 20.4 Å². The summed E-state index contributed by atoms with van der Waals surface area (Å²) in [5.41, 5.74) is 5.39. The molecule has 4 N–H and O–H groups in total. The second kappa shape index (κ2) is 10.2. The van der Waals surface area contributed by atoms with Crippen LogP contribution < -0.4 is 0 Å². The van der Waals surface area contributed by atoms with Crippen LogP contribution in [0.15, 0.2) is 80.2 Å². The first-order valence-corrected chi connectivity index (χ1v) is 12.8. The van der Waals surface area contributed by atoms with E-state index in [2.05, 4.69) is 0 Å². The van der Waals surface area contributed by atoms with Crippen LogP contribution in [0.4, 0.5) is 0 Å². The Hall–Kier alpha value is -3.22. The molecule has 35 heavy (non-hydrogen) atoms. The molecule has 4 aromatic rings. The van der Waals surface area contributed by atoms with Crippen LogP contribution in [0.5, 0.6) is 23.0 Å². The molecular formula is C29H28O4S2. The Morgan fingerprint density at radius 3 is 1.80 bits per heavy atom. The number of hydrogen-bond acceptors (Lipinski definition) is 6. The van der Waals surface area contributed by atoms with Crippen LogP contribution >= 0.6 is 23.5 Å². The zero-order chi connectivity index (χ0) is 25.3. The molecule has 0 aliphatic carbocycles. The molecule has 0 aliphatic heterocycles. The van der Waals surface area contributed by atoms with Crippen molar-refractivity contribution in [2.75, 3.05) is 0 Å². The number of benzene rings is 4. The maximum atomic E-state index is 11.1. The number of aromatic hydroxyl groups is 4. The monoisotopic (exact) mass is 504 g/mol. The number of hydrogen-bond donors (Lipinski definition) is 4. The van der Waals surface area contributed by atoms with E-state index in [1.807, 2.05) is 70.2 Å². The molecule has 180 valence electrons. The number of phenols is 4. The Balaban J connectivity index is 1.69. The summed E-state index contributed by atoms with van der Waals surface area (Å²) in [7, 11) is 0. The first-order chi connectivity index (χ1) is 16.6. The average Bonchev–Trinajstić information content (AvgIpc) is 2.79. The highest BCUT2D eigenvalue weighted by Gasteiger charge is 2.18. The molecule has 0 spiro atoms. The number of aryl methyl sites for hydroxylation is 4. The molecule has 0 aliphatic rings. The topological polar surface area (TPSA) is 80.9 Å². The van der Waals surface area contributed by atoms with E-state index in [-0.39, 0.29) is 23.0 Å². The van der Waals surface area contributed by atoms with Crippen LogP contribution in [-0.4, -0.2) is 20.4 Å². The first kappa shape index (κ1) is 24.9. The van der Waals surface area contributed by atoms with Crippen molar-refractivity contribution in [3.63, 3.8) is 0 Å². The van der Waals surface area contributed by atoms with Crippen molar-refractivity contribution in [3.05, 3.63) is 94.0 Å². The Labute approximate surface area is 214 Å². The quantitative estimate of drug-likeness (QED) is 0.216. The smallest absolute Gasteiger partial charge is 0.143 e. The van der Waals surface area contributed by atoms with Gasteiger partial charge in [0.15, 0.2) is 0 Å². The van der Waals surface area contributed by atoms with Crippen LogP contribution in [0, 0.1) is 27.7 Å². The lowest BCUT2D eigenvalue weighted by atomic mass is 9.98. The predicted octanol–water partition coefficient (Wildman–Crippen LogP) is 7.64. The van der Waals surface area contributed by atoms with Crippen molar-refractivity contribution in [3.8, 4) is 23.0 Å². The summed E-state index contributed by atoms with van der Waals surface area (Å²) in [6.45, 7) is 7.80. The van der Waals surface area contributed by atoms with Gasteiger partial charge < -0.3 is 20.4 Å². The molecule has 0 saturated heterocycles. The first-order valence-electron chi connectivity index (χ1n) is 11.2. The molecule has 6 heteroatoms. The van der Waals surface area contributed by atoms with E-state index in [9.17, 15) is 20.4 Å². The van der Waals surface area contributed by atoms with Crippen LogP contribution in [-0.2, 0) is 6.42 Å². The summed E-state index contributed by atoms with van der Waals surface area (Å²) in [6.07, 6.45) is 0.396. The third kappa shape index (κ3) is 5.55. The molecule has 0 radical (unpaired) electrons. The zero-order valence-electron chi connectivity index (χ0n) is 20.1. The van der Waals surface area contributed by atoms with Gasteiger partial charge in [-0.1, -0.05) is 47.8 Å². The Morgan fingerprint density at radius 1 is 0.571 bits per heavy atom. The maximum Gasteiger partial charge on any atom is 0.143 e. The minimum Gasteiger partial charge on any atom is -0.508 e. The van der Waals surface area contributed by atoms with Gasteiger partial charge in [0.05, 0.1) is 19.6 Å². The van der Waals surface area contributed by atoms with Gasteiger partial charge in [0, 0.05) is 12.0 Å². The highest BCUT2D eigenvalue weighted by atomic mass is 32.2. The molecule has 0 fully saturated rings. The van der Waals surface area contributed by atoms with E-state index < -0.39 is 0 Å². The molecular weight excluding hydrogens is 476 g/mol. The van der Waals surface area contributed by atoms with Crippen molar-refractivity contribution >= 4 is 23.5 Å². The summed E-state index contributed by atoms with van der Waals surface area (Å²) in [6, 6.07) is 18.3. The van der Waals surface area contributed by atoms with Crippen LogP contribution in [0.2, 0.25) is 0 Å². The van der Waals surface area contributed by atoms with Crippen LogP contribution in [0.25, 0.3) is 0 Å². The summed E-state index contributed by atoms with van der Waals surface area (Å²) in [5, 5.41) is 42.8. The highest BCUT2D eigenvalue weighted by Crippen LogP contribution is 2.47. The summed E-state index contributed by atoms with van der Waals surface area (Å²) in [4.78, 5) is 2.54. The van der Waals surface area contributed by atoms with Gasteiger partial charge >= 0.3 is 0 Å². The lowest BCUT2D eigenvalue weighted by molar-refractivity contribution is 0.447. The molecule has 4 aromatic carbocycles. The minimum absolute atomic E-state index is 0.102. The predicted molar refractivity (Wildman–Crippen MR) is 142 cm³/mol. The normalized spacial score (nSPS) is 11.1. The van der Waals surface area contributed by atoms with E-state index in [0.717, 1.165) is 27.8 Å². The minimum atomic E-state index is 0.102. The largest absolute Gasteiger partial charge is 0.508 e. The average molecular weight is 505 g/mol. The van der Waals surface area contributed by atoms with Gasteiger partial charge in [0.2, 0.25) is 0 Å². The van der Waals surface area contributed by atoms with E-state index in [1.54, 1.807) is 18.2 Å². The summed E-state index contributed by atoms with van der Waals surface area (Å²) < 4.78 is 0. The Morgan fingerprint density at radius 2 is 1.14 bits per heavy atom. The Bertz CT molecular complexity index is 1390. The van der Waals surface area contributed by atoms with Gasteiger partial charge in [0.25, 0.3) is 0 Å². The van der Waals surface area contributed by atoms with Crippen molar-refractivity contribution in [1.82, 2.24) is 0 Å². The second-order valence-electron chi connectivity index (χ2n) is 8.81. The molecule has 0 bridgehead atoms. The van der Waals surface area contributed by atoms with Crippen molar-refractivity contribution in [1.29, 1.82) is 0 Å². The molecule has 4 nitrogen and oxygen atoms in total.